The van der Waals surface area contributed by atoms with Crippen LogP contribution in [-0.2, 0) is 14.8 Å². The van der Waals surface area contributed by atoms with E-state index >= 15 is 0 Å². The number of ether oxygens (including phenoxy) is 1. The van der Waals surface area contributed by atoms with Crippen molar-refractivity contribution in [3.63, 3.8) is 0 Å². The van der Waals surface area contributed by atoms with Crippen LogP contribution >= 0.6 is 0 Å². The minimum atomic E-state index is -3.79. The zero-order valence-corrected chi connectivity index (χ0v) is 13.6. The average molecular weight is 314 g/mol. The third-order valence-corrected chi connectivity index (χ3v) is 5.05. The molecule has 6 nitrogen and oxygen atoms in total. The second-order valence-electron chi connectivity index (χ2n) is 5.62. The number of methoxy groups -OCH3 is 1. The highest BCUT2D eigenvalue weighted by atomic mass is 32.2. The number of hydrogen-bond acceptors (Lipinski definition) is 5. The number of nitrogens with two attached hydrogens (primary N) is 1. The molecular weight excluding hydrogens is 292 g/mol. The summed E-state index contributed by atoms with van der Waals surface area (Å²) in [4.78, 5) is 11.7. The molecule has 0 atom stereocenters. The molecule has 0 unspecified atom stereocenters. The van der Waals surface area contributed by atoms with Crippen molar-refractivity contribution in [1.29, 1.82) is 0 Å². The van der Waals surface area contributed by atoms with Crippen LogP contribution in [0.3, 0.4) is 0 Å². The molecule has 0 heterocycles. The van der Waals surface area contributed by atoms with Gasteiger partial charge in [0.2, 0.25) is 10.0 Å². The van der Waals surface area contributed by atoms with Crippen LogP contribution in [0.15, 0.2) is 29.2 Å². The van der Waals surface area contributed by atoms with Gasteiger partial charge >= 0.3 is 5.97 Å². The Kier molecular flexibility index (Phi) is 5.49. The molecule has 1 aromatic carbocycles. The highest BCUT2D eigenvalue weighted by Crippen LogP contribution is 2.23. The van der Waals surface area contributed by atoms with E-state index in [-0.39, 0.29) is 22.4 Å². The van der Waals surface area contributed by atoms with Crippen molar-refractivity contribution >= 4 is 16.0 Å². The van der Waals surface area contributed by atoms with Gasteiger partial charge in [0.15, 0.2) is 0 Å². The van der Waals surface area contributed by atoms with Crippen LogP contribution in [0, 0.1) is 5.41 Å². The number of carbonyl (C=O) groups is 1. The first-order valence-corrected chi connectivity index (χ1v) is 7.93. The van der Waals surface area contributed by atoms with E-state index in [0.717, 1.165) is 0 Å². The molecule has 7 heteroatoms. The van der Waals surface area contributed by atoms with Gasteiger partial charge in [0.05, 0.1) is 17.6 Å². The van der Waals surface area contributed by atoms with Crippen molar-refractivity contribution < 1.29 is 17.9 Å². The lowest BCUT2D eigenvalue weighted by atomic mass is 9.94. The summed E-state index contributed by atoms with van der Waals surface area (Å²) in [5.74, 6) is -0.680. The highest BCUT2D eigenvalue weighted by molar-refractivity contribution is 7.89. The Labute approximate surface area is 125 Å². The van der Waals surface area contributed by atoms with E-state index in [9.17, 15) is 13.2 Å². The van der Waals surface area contributed by atoms with Crippen molar-refractivity contribution in [1.82, 2.24) is 4.31 Å². The summed E-state index contributed by atoms with van der Waals surface area (Å²) in [6.07, 6.45) is 0. The first kappa shape index (κ1) is 17.6. The lowest BCUT2D eigenvalue weighted by Crippen LogP contribution is -2.40. The summed E-state index contributed by atoms with van der Waals surface area (Å²) in [5, 5.41) is 0. The van der Waals surface area contributed by atoms with E-state index in [0.29, 0.717) is 6.54 Å². The van der Waals surface area contributed by atoms with E-state index in [1.807, 2.05) is 13.8 Å². The minimum Gasteiger partial charge on any atom is -0.465 e. The molecule has 0 aliphatic rings. The number of rotatable bonds is 6. The molecule has 0 saturated carbocycles. The van der Waals surface area contributed by atoms with Crippen LogP contribution in [0.1, 0.15) is 24.2 Å². The standard InChI is InChI=1S/C14H22N2O4S/c1-14(2,9-15)10-16(3)21(18,19)12-8-6-5-7-11(12)13(17)20-4/h5-8H,9-10,15H2,1-4H3. The minimum absolute atomic E-state index is 0.0254. The molecule has 0 amide bonds. The number of esters is 1. The Balaban J connectivity index is 3.23. The van der Waals surface area contributed by atoms with E-state index in [4.69, 9.17) is 5.73 Å². The summed E-state index contributed by atoms with van der Waals surface area (Å²) < 4.78 is 31.1. The number of nitrogens with zero attached hydrogens (tertiary/aromatic N) is 1. The first-order valence-electron chi connectivity index (χ1n) is 6.49. The number of carbonyl (C=O) groups excluding carboxylic acids is 1. The van der Waals surface area contributed by atoms with Gasteiger partial charge < -0.3 is 10.5 Å². The fourth-order valence-corrected chi connectivity index (χ4v) is 3.43. The van der Waals surface area contributed by atoms with Crippen molar-refractivity contribution in [3.8, 4) is 0 Å². The zero-order chi connectivity index (χ0) is 16.3. The smallest absolute Gasteiger partial charge is 0.339 e. The first-order chi connectivity index (χ1) is 9.65. The predicted molar refractivity (Wildman–Crippen MR) is 80.4 cm³/mol. The number of benzene rings is 1. The molecule has 0 spiro atoms. The van der Waals surface area contributed by atoms with Crippen LogP contribution in [0.2, 0.25) is 0 Å². The average Bonchev–Trinajstić information content (AvgIpc) is 2.45. The number of sulfonamides is 1. The summed E-state index contributed by atoms with van der Waals surface area (Å²) in [6.45, 7) is 4.36. The summed E-state index contributed by atoms with van der Waals surface area (Å²) in [7, 11) is -1.10. The molecule has 0 fully saturated rings. The van der Waals surface area contributed by atoms with Crippen molar-refractivity contribution in [2.24, 2.45) is 11.1 Å². The molecule has 0 saturated heterocycles. The lowest BCUT2D eigenvalue weighted by Gasteiger charge is -2.28. The molecule has 0 aliphatic heterocycles. The molecule has 0 aromatic heterocycles. The van der Waals surface area contributed by atoms with Crippen LogP contribution in [0.4, 0.5) is 0 Å². The van der Waals surface area contributed by atoms with Gasteiger partial charge in [-0.1, -0.05) is 26.0 Å². The predicted octanol–water partition coefficient (Wildman–Crippen LogP) is 1.08. The molecule has 2 N–H and O–H groups in total. The molecular formula is C14H22N2O4S. The molecule has 1 rings (SSSR count). The largest absolute Gasteiger partial charge is 0.465 e. The maximum Gasteiger partial charge on any atom is 0.339 e. The van der Waals surface area contributed by atoms with Crippen molar-refractivity contribution in [2.45, 2.75) is 18.7 Å². The Morgan fingerprint density at radius 1 is 1.33 bits per heavy atom. The highest BCUT2D eigenvalue weighted by Gasteiger charge is 2.30. The maximum absolute atomic E-state index is 12.6. The second kappa shape index (κ2) is 6.55. The van der Waals surface area contributed by atoms with E-state index < -0.39 is 16.0 Å². The van der Waals surface area contributed by atoms with Crippen molar-refractivity contribution in [2.75, 3.05) is 27.2 Å². The lowest BCUT2D eigenvalue weighted by molar-refractivity contribution is 0.0596. The SMILES string of the molecule is COC(=O)c1ccccc1S(=O)(=O)N(C)CC(C)(C)CN. The molecule has 0 bridgehead atoms. The van der Waals surface area contributed by atoms with Gasteiger partial charge in [-0.3, -0.25) is 0 Å². The molecule has 21 heavy (non-hydrogen) atoms. The van der Waals surface area contributed by atoms with E-state index in [1.165, 1.54) is 30.6 Å². The van der Waals surface area contributed by atoms with Crippen LogP contribution in [0.5, 0.6) is 0 Å². The van der Waals surface area contributed by atoms with Gasteiger partial charge in [0.1, 0.15) is 0 Å². The maximum atomic E-state index is 12.6. The summed E-state index contributed by atoms with van der Waals surface area (Å²) in [6, 6.07) is 5.99. The van der Waals surface area contributed by atoms with E-state index in [1.54, 1.807) is 12.1 Å². The Hall–Kier alpha value is -1.44. The second-order valence-corrected chi connectivity index (χ2v) is 7.63. The Morgan fingerprint density at radius 3 is 2.43 bits per heavy atom. The normalized spacial score (nSPS) is 12.5. The molecule has 0 radical (unpaired) electrons. The molecule has 1 aromatic rings. The Morgan fingerprint density at radius 2 is 1.90 bits per heavy atom. The fourth-order valence-electron chi connectivity index (χ4n) is 1.89. The fraction of sp³-hybridized carbons (Fsp3) is 0.500. The van der Waals surface area contributed by atoms with Gasteiger partial charge in [0.25, 0.3) is 0 Å². The van der Waals surface area contributed by atoms with Crippen LogP contribution < -0.4 is 5.73 Å². The van der Waals surface area contributed by atoms with Crippen LogP contribution in [0.25, 0.3) is 0 Å². The number of hydrogen-bond donors (Lipinski definition) is 1. The van der Waals surface area contributed by atoms with Gasteiger partial charge in [-0.05, 0) is 24.1 Å². The topological polar surface area (TPSA) is 89.7 Å². The Bertz CT molecular complexity index is 611. The quantitative estimate of drug-likeness (QED) is 0.794. The zero-order valence-electron chi connectivity index (χ0n) is 12.8. The summed E-state index contributed by atoms with van der Waals surface area (Å²) in [5.41, 5.74) is 5.31. The van der Waals surface area contributed by atoms with Gasteiger partial charge in [-0.25, -0.2) is 17.5 Å². The van der Waals surface area contributed by atoms with Gasteiger partial charge in [0, 0.05) is 13.6 Å². The van der Waals surface area contributed by atoms with E-state index in [2.05, 4.69) is 4.74 Å². The summed E-state index contributed by atoms with van der Waals surface area (Å²) >= 11 is 0. The molecule has 0 aliphatic carbocycles. The monoisotopic (exact) mass is 314 g/mol. The third kappa shape index (κ3) is 4.03. The molecule has 118 valence electrons. The van der Waals surface area contributed by atoms with Crippen molar-refractivity contribution in [3.05, 3.63) is 29.8 Å². The van der Waals surface area contributed by atoms with Gasteiger partial charge in [-0.2, -0.15) is 0 Å². The van der Waals surface area contributed by atoms with Gasteiger partial charge in [-0.15, -0.1) is 0 Å². The van der Waals surface area contributed by atoms with Crippen LogP contribution in [-0.4, -0.2) is 45.9 Å². The third-order valence-electron chi connectivity index (χ3n) is 3.18.